The van der Waals surface area contributed by atoms with Crippen molar-refractivity contribution in [3.8, 4) is 0 Å². The monoisotopic (exact) mass is 422 g/mol. The van der Waals surface area contributed by atoms with Gasteiger partial charge in [0.2, 0.25) is 5.91 Å². The summed E-state index contributed by atoms with van der Waals surface area (Å²) >= 11 is 1.83. The SMILES string of the molecule is CCN(CC(=O)N1CC[C@H](C)Sc2ccccc21)Cc1nc2ccccc2c(=O)[nH]1. The van der Waals surface area contributed by atoms with Crippen LogP contribution in [0.4, 0.5) is 5.69 Å². The van der Waals surface area contributed by atoms with Crippen LogP contribution in [0, 0.1) is 0 Å². The van der Waals surface area contributed by atoms with E-state index in [4.69, 9.17) is 0 Å². The summed E-state index contributed by atoms with van der Waals surface area (Å²) in [6.45, 7) is 6.31. The quantitative estimate of drug-likeness (QED) is 0.680. The number of para-hydroxylation sites is 2. The van der Waals surface area contributed by atoms with Crippen LogP contribution in [-0.2, 0) is 11.3 Å². The molecule has 7 heteroatoms. The summed E-state index contributed by atoms with van der Waals surface area (Å²) in [6.07, 6.45) is 0.955. The number of anilines is 1. The molecule has 0 saturated heterocycles. The first-order valence-electron chi connectivity index (χ1n) is 10.3. The number of benzene rings is 2. The summed E-state index contributed by atoms with van der Waals surface area (Å²) in [6, 6.07) is 15.4. The summed E-state index contributed by atoms with van der Waals surface area (Å²) in [5.74, 6) is 0.649. The van der Waals surface area contributed by atoms with E-state index in [2.05, 4.69) is 23.0 Å². The zero-order chi connectivity index (χ0) is 21.1. The Hall–Kier alpha value is -2.64. The maximum absolute atomic E-state index is 13.2. The molecule has 0 unspecified atom stereocenters. The third kappa shape index (κ3) is 4.42. The average molecular weight is 423 g/mol. The number of hydrogen-bond acceptors (Lipinski definition) is 5. The molecule has 1 aliphatic rings. The van der Waals surface area contributed by atoms with E-state index in [9.17, 15) is 9.59 Å². The van der Waals surface area contributed by atoms with Gasteiger partial charge in [0.25, 0.3) is 5.56 Å². The van der Waals surface area contributed by atoms with Crippen LogP contribution < -0.4 is 10.5 Å². The number of carbonyl (C=O) groups excluding carboxylic acids is 1. The second-order valence-corrected chi connectivity index (χ2v) is 9.04. The van der Waals surface area contributed by atoms with Crippen molar-refractivity contribution in [2.75, 3.05) is 24.5 Å². The molecule has 1 aromatic heterocycles. The van der Waals surface area contributed by atoms with Crippen molar-refractivity contribution < 1.29 is 4.79 Å². The van der Waals surface area contributed by atoms with Gasteiger partial charge in [-0.15, -0.1) is 11.8 Å². The number of rotatable bonds is 5. The van der Waals surface area contributed by atoms with E-state index >= 15 is 0 Å². The van der Waals surface area contributed by atoms with Gasteiger partial charge in [-0.25, -0.2) is 4.98 Å². The molecule has 1 aliphatic heterocycles. The van der Waals surface area contributed by atoms with Gasteiger partial charge in [-0.2, -0.15) is 0 Å². The number of nitrogens with one attached hydrogen (secondary N) is 1. The lowest BCUT2D eigenvalue weighted by Crippen LogP contribution is -2.41. The Morgan fingerprint density at radius 3 is 2.83 bits per heavy atom. The molecule has 3 aromatic rings. The minimum absolute atomic E-state index is 0.0714. The van der Waals surface area contributed by atoms with E-state index < -0.39 is 0 Å². The number of nitrogens with zero attached hydrogens (tertiary/aromatic N) is 3. The molecule has 0 saturated carbocycles. The van der Waals surface area contributed by atoms with Gasteiger partial charge >= 0.3 is 0 Å². The molecule has 1 atom stereocenters. The summed E-state index contributed by atoms with van der Waals surface area (Å²) in [5.41, 5.74) is 1.52. The highest BCUT2D eigenvalue weighted by Gasteiger charge is 2.25. The van der Waals surface area contributed by atoms with E-state index in [0.29, 0.717) is 41.6 Å². The van der Waals surface area contributed by atoms with Crippen LogP contribution in [0.15, 0.2) is 58.2 Å². The van der Waals surface area contributed by atoms with E-state index in [0.717, 1.165) is 17.0 Å². The lowest BCUT2D eigenvalue weighted by molar-refractivity contribution is -0.119. The van der Waals surface area contributed by atoms with Gasteiger partial charge in [0.1, 0.15) is 5.82 Å². The van der Waals surface area contributed by atoms with E-state index in [1.807, 2.05) is 64.9 Å². The van der Waals surface area contributed by atoms with Gasteiger partial charge < -0.3 is 9.88 Å². The summed E-state index contributed by atoms with van der Waals surface area (Å²) in [7, 11) is 0. The van der Waals surface area contributed by atoms with Gasteiger partial charge in [0.15, 0.2) is 0 Å². The van der Waals surface area contributed by atoms with Crippen LogP contribution in [-0.4, -0.2) is 45.7 Å². The highest BCUT2D eigenvalue weighted by molar-refractivity contribution is 8.00. The van der Waals surface area contributed by atoms with Crippen molar-refractivity contribution in [3.63, 3.8) is 0 Å². The zero-order valence-electron chi connectivity index (χ0n) is 17.3. The van der Waals surface area contributed by atoms with Crippen LogP contribution in [0.2, 0.25) is 0 Å². The molecule has 0 fully saturated rings. The van der Waals surface area contributed by atoms with Crippen LogP contribution in [0.5, 0.6) is 0 Å². The van der Waals surface area contributed by atoms with Crippen molar-refractivity contribution in [1.29, 1.82) is 0 Å². The van der Waals surface area contributed by atoms with Crippen LogP contribution >= 0.6 is 11.8 Å². The van der Waals surface area contributed by atoms with Crippen molar-refractivity contribution in [2.24, 2.45) is 0 Å². The third-order valence-electron chi connectivity index (χ3n) is 5.39. The number of carbonyl (C=O) groups is 1. The van der Waals surface area contributed by atoms with Crippen molar-refractivity contribution >= 4 is 34.3 Å². The fourth-order valence-corrected chi connectivity index (χ4v) is 4.84. The molecule has 156 valence electrons. The number of thioether (sulfide) groups is 1. The summed E-state index contributed by atoms with van der Waals surface area (Å²) in [4.78, 5) is 38.1. The molecule has 1 N–H and O–H groups in total. The predicted octanol–water partition coefficient (Wildman–Crippen LogP) is 3.66. The zero-order valence-corrected chi connectivity index (χ0v) is 18.1. The molecule has 0 radical (unpaired) electrons. The highest BCUT2D eigenvalue weighted by atomic mass is 32.2. The molecule has 2 aromatic carbocycles. The Kier molecular flexibility index (Phi) is 6.20. The smallest absolute Gasteiger partial charge is 0.258 e. The molecule has 0 spiro atoms. The Labute approximate surface area is 180 Å². The number of fused-ring (bicyclic) bond motifs is 2. The van der Waals surface area contributed by atoms with Gasteiger partial charge in [0.05, 0.1) is 29.7 Å². The highest BCUT2D eigenvalue weighted by Crippen LogP contribution is 2.37. The number of hydrogen-bond donors (Lipinski definition) is 1. The Morgan fingerprint density at radius 2 is 2.00 bits per heavy atom. The fraction of sp³-hybridized carbons (Fsp3) is 0.348. The van der Waals surface area contributed by atoms with Crippen LogP contribution in [0.1, 0.15) is 26.1 Å². The van der Waals surface area contributed by atoms with Gasteiger partial charge in [-0.05, 0) is 37.2 Å². The van der Waals surface area contributed by atoms with Crippen LogP contribution in [0.3, 0.4) is 0 Å². The molecule has 2 heterocycles. The standard InChI is InChI=1S/C23H26N4O2S/c1-3-26(14-21-24-18-9-5-4-8-17(18)23(29)25-21)15-22(28)27-13-12-16(2)30-20-11-7-6-10-19(20)27/h4-11,16H,3,12-15H2,1-2H3,(H,24,25,29)/t16-/m0/s1. The number of aromatic amines is 1. The number of amides is 1. The van der Waals surface area contributed by atoms with Gasteiger partial charge in [0, 0.05) is 16.7 Å². The first kappa shape index (κ1) is 20.6. The molecule has 30 heavy (non-hydrogen) atoms. The maximum Gasteiger partial charge on any atom is 0.258 e. The second-order valence-electron chi connectivity index (χ2n) is 7.56. The number of likely N-dealkylation sites (N-methyl/N-ethyl adjacent to an activating group) is 1. The van der Waals surface area contributed by atoms with Crippen molar-refractivity contribution in [3.05, 3.63) is 64.7 Å². The molecular formula is C23H26N4O2S. The van der Waals surface area contributed by atoms with E-state index in [-0.39, 0.29) is 18.0 Å². The minimum atomic E-state index is -0.148. The number of H-pyrrole nitrogens is 1. The summed E-state index contributed by atoms with van der Waals surface area (Å²) in [5, 5.41) is 1.05. The molecule has 6 nitrogen and oxygen atoms in total. The Balaban J connectivity index is 1.53. The molecule has 0 aliphatic carbocycles. The fourth-order valence-electron chi connectivity index (χ4n) is 3.72. The lowest BCUT2D eigenvalue weighted by atomic mass is 10.2. The first-order chi connectivity index (χ1) is 14.5. The normalized spacial score (nSPS) is 16.5. The third-order valence-corrected chi connectivity index (χ3v) is 6.62. The Bertz CT molecular complexity index is 1110. The van der Waals surface area contributed by atoms with Gasteiger partial charge in [-0.3, -0.25) is 14.5 Å². The van der Waals surface area contributed by atoms with E-state index in [1.54, 1.807) is 6.07 Å². The molecule has 4 rings (SSSR count). The minimum Gasteiger partial charge on any atom is -0.310 e. The lowest BCUT2D eigenvalue weighted by Gasteiger charge is -2.26. The summed E-state index contributed by atoms with van der Waals surface area (Å²) < 4.78 is 0. The Morgan fingerprint density at radius 1 is 1.23 bits per heavy atom. The van der Waals surface area contributed by atoms with Gasteiger partial charge in [-0.1, -0.05) is 38.1 Å². The van der Waals surface area contributed by atoms with Crippen molar-refractivity contribution in [1.82, 2.24) is 14.9 Å². The largest absolute Gasteiger partial charge is 0.310 e. The molecule has 0 bridgehead atoms. The maximum atomic E-state index is 13.2. The molecule has 1 amide bonds. The first-order valence-corrected chi connectivity index (χ1v) is 11.2. The topological polar surface area (TPSA) is 69.3 Å². The van der Waals surface area contributed by atoms with Crippen molar-refractivity contribution in [2.45, 2.75) is 37.0 Å². The van der Waals surface area contributed by atoms with E-state index in [1.165, 1.54) is 0 Å². The number of aromatic nitrogens is 2. The molecular weight excluding hydrogens is 396 g/mol. The second kappa shape index (κ2) is 9.02. The predicted molar refractivity (Wildman–Crippen MR) is 122 cm³/mol. The van der Waals surface area contributed by atoms with Crippen LogP contribution in [0.25, 0.3) is 10.9 Å². The average Bonchev–Trinajstić information content (AvgIpc) is 2.91.